The zero-order chi connectivity index (χ0) is 58.6. The zero-order valence-electron chi connectivity index (χ0n) is 50.9. The van der Waals surface area contributed by atoms with Crippen LogP contribution >= 0.6 is 0 Å². The van der Waals surface area contributed by atoms with Gasteiger partial charge in [-0.3, -0.25) is 4.57 Å². The lowest BCUT2D eigenvalue weighted by molar-refractivity contribution is 0.590. The van der Waals surface area contributed by atoms with Crippen molar-refractivity contribution >= 4 is 106 Å². The van der Waals surface area contributed by atoms with E-state index >= 15 is 0 Å². The summed E-state index contributed by atoms with van der Waals surface area (Å²) in [5.74, 6) is -0.160. The number of para-hydroxylation sites is 4. The lowest BCUT2D eigenvalue weighted by Gasteiger charge is -2.42. The summed E-state index contributed by atoms with van der Waals surface area (Å²) in [6.07, 6.45) is 0. The summed E-state index contributed by atoms with van der Waals surface area (Å²) in [6.45, 7) is 27.4. The monoisotopic (exact) mass is 1110 g/mol. The van der Waals surface area contributed by atoms with Crippen LogP contribution in [0.3, 0.4) is 0 Å². The van der Waals surface area contributed by atoms with Crippen molar-refractivity contribution in [2.75, 3.05) is 14.7 Å². The van der Waals surface area contributed by atoms with Crippen molar-refractivity contribution in [1.29, 1.82) is 0 Å². The van der Waals surface area contributed by atoms with Crippen molar-refractivity contribution in [3.05, 3.63) is 251 Å². The topological polar surface area (TPSA) is 40.9 Å². The van der Waals surface area contributed by atoms with E-state index in [2.05, 4.69) is 315 Å². The van der Waals surface area contributed by atoms with E-state index in [0.29, 0.717) is 0 Å². The zero-order valence-corrected chi connectivity index (χ0v) is 50.9. The molecule has 0 bridgehead atoms. The Morgan fingerprint density at radius 2 is 0.776 bits per heavy atom. The Morgan fingerprint density at radius 1 is 0.341 bits per heavy atom. The first-order valence-corrected chi connectivity index (χ1v) is 30.2. The van der Waals surface area contributed by atoms with E-state index in [0.717, 1.165) is 101 Å². The molecule has 0 amide bonds. The van der Waals surface area contributed by atoms with E-state index in [4.69, 9.17) is 8.83 Å². The number of hydrogen-bond acceptors (Lipinski definition) is 5. The summed E-state index contributed by atoms with van der Waals surface area (Å²) in [5.41, 5.74) is 23.8. The third kappa shape index (κ3) is 8.34. The minimum Gasteiger partial charge on any atom is -0.454 e. The van der Waals surface area contributed by atoms with Gasteiger partial charge in [0.25, 0.3) is 0 Å². The average molecular weight is 1110 g/mol. The van der Waals surface area contributed by atoms with Gasteiger partial charge in [0, 0.05) is 61.5 Å². The van der Waals surface area contributed by atoms with E-state index in [-0.39, 0.29) is 27.6 Å². The van der Waals surface area contributed by atoms with Gasteiger partial charge in [0.15, 0.2) is 5.58 Å². The highest BCUT2D eigenvalue weighted by Gasteiger charge is 2.42. The molecule has 15 rings (SSSR count). The number of fused-ring (bicyclic) bond motifs is 12. The molecule has 13 aromatic rings. The van der Waals surface area contributed by atoms with Gasteiger partial charge >= 0.3 is 0 Å². The molecule has 0 N–H and O–H groups in total. The summed E-state index contributed by atoms with van der Waals surface area (Å²) in [6, 6.07) is 79.5. The Kier molecular flexibility index (Phi) is 11.5. The summed E-state index contributed by atoms with van der Waals surface area (Å²) in [4.78, 5) is 7.42. The van der Waals surface area contributed by atoms with Gasteiger partial charge in [-0.15, -0.1) is 0 Å². The maximum Gasteiger partial charge on any atom is 0.213 e. The van der Waals surface area contributed by atoms with Crippen molar-refractivity contribution in [2.45, 2.75) is 111 Å². The summed E-state index contributed by atoms with van der Waals surface area (Å²) in [7, 11) is 0. The molecule has 1 atom stereocenters. The number of aromatic nitrogens is 1. The second-order valence-electron chi connectivity index (χ2n) is 27.9. The summed E-state index contributed by atoms with van der Waals surface area (Å²) >= 11 is 0. The molecule has 0 saturated heterocycles. The minimum absolute atomic E-state index is 0.00743. The number of anilines is 9. The molecule has 5 heterocycles. The van der Waals surface area contributed by atoms with Gasteiger partial charge in [-0.1, -0.05) is 204 Å². The van der Waals surface area contributed by atoms with Crippen LogP contribution in [0.15, 0.2) is 221 Å². The number of hydrogen-bond donors (Lipinski definition) is 0. The van der Waals surface area contributed by atoms with E-state index in [1.807, 2.05) is 0 Å². The second kappa shape index (κ2) is 18.6. The van der Waals surface area contributed by atoms with Crippen molar-refractivity contribution in [3.8, 4) is 5.69 Å². The molecule has 6 heteroatoms. The van der Waals surface area contributed by atoms with Crippen LogP contribution in [0.4, 0.5) is 51.2 Å². The molecule has 1 unspecified atom stereocenters. The van der Waals surface area contributed by atoms with E-state index in [1.54, 1.807) is 0 Å². The molecule has 420 valence electrons. The first kappa shape index (κ1) is 52.5. The maximum absolute atomic E-state index is 7.16. The molecule has 85 heavy (non-hydrogen) atoms. The third-order valence-corrected chi connectivity index (χ3v) is 18.2. The van der Waals surface area contributed by atoms with Gasteiger partial charge in [-0.2, -0.15) is 0 Å². The molecule has 10 aromatic carbocycles. The molecule has 0 aliphatic carbocycles. The molecule has 2 aliphatic rings. The smallest absolute Gasteiger partial charge is 0.213 e. The molecule has 6 nitrogen and oxygen atoms in total. The van der Waals surface area contributed by atoms with Crippen LogP contribution in [0.1, 0.15) is 128 Å². The van der Waals surface area contributed by atoms with Crippen LogP contribution in [-0.4, -0.2) is 4.57 Å². The molecular weight excluding hydrogens is 1040 g/mol. The first-order chi connectivity index (χ1) is 40.7. The number of benzene rings is 10. The van der Waals surface area contributed by atoms with Crippen LogP contribution in [0, 0.1) is 0 Å². The summed E-state index contributed by atoms with van der Waals surface area (Å²) < 4.78 is 16.8. The lowest BCUT2D eigenvalue weighted by Crippen LogP contribution is -2.27. The highest BCUT2D eigenvalue weighted by Crippen LogP contribution is 2.61. The molecule has 0 radical (unpaired) electrons. The lowest BCUT2D eigenvalue weighted by atomic mass is 9.76. The van der Waals surface area contributed by atoms with Crippen LogP contribution in [0.2, 0.25) is 0 Å². The van der Waals surface area contributed by atoms with Crippen LogP contribution in [0.25, 0.3) is 60.6 Å². The SMILES string of the molecule is CC(C)(C)c1ccc(N(c2ccc(C(C)(C)C)cc2)c2ccc3c(c2)N(c2cccc4c2oc2ccccc24)c2cc(N(c4ccc(C(C)(C)C)cc4)c4ccc(C(C)(C)C)cc4)cc4c2C3c2cccc3c5c6ccccc6oc5n-4c23)cc1. The molecule has 2 aliphatic heterocycles. The van der Waals surface area contributed by atoms with Crippen molar-refractivity contribution in [2.24, 2.45) is 0 Å². The van der Waals surface area contributed by atoms with E-state index in [9.17, 15) is 0 Å². The predicted octanol–water partition coefficient (Wildman–Crippen LogP) is 22.8. The third-order valence-electron chi connectivity index (χ3n) is 18.2. The largest absolute Gasteiger partial charge is 0.454 e. The second-order valence-corrected chi connectivity index (χ2v) is 27.9. The Balaban J connectivity index is 1.07. The van der Waals surface area contributed by atoms with Crippen molar-refractivity contribution in [1.82, 2.24) is 4.57 Å². The predicted molar refractivity (Wildman–Crippen MR) is 358 cm³/mol. The van der Waals surface area contributed by atoms with Gasteiger partial charge in [-0.25, -0.2) is 0 Å². The average Bonchev–Trinajstić information content (AvgIpc) is 2.37. The Hall–Kier alpha value is -9.26. The van der Waals surface area contributed by atoms with Crippen LogP contribution in [-0.2, 0) is 21.7 Å². The Labute approximate surface area is 499 Å². The number of furan rings is 2. The highest BCUT2D eigenvalue weighted by molar-refractivity contribution is 6.22. The van der Waals surface area contributed by atoms with Gasteiger partial charge in [-0.05, 0) is 146 Å². The Morgan fingerprint density at radius 3 is 1.32 bits per heavy atom. The molecule has 0 spiro atoms. The quantitative estimate of drug-likeness (QED) is 0.159. The fourth-order valence-corrected chi connectivity index (χ4v) is 13.7. The highest BCUT2D eigenvalue weighted by atomic mass is 16.3. The molecule has 0 saturated carbocycles. The molecule has 3 aromatic heterocycles. The van der Waals surface area contributed by atoms with Gasteiger partial charge in [0.2, 0.25) is 5.71 Å². The normalized spacial score (nSPS) is 14.2. The van der Waals surface area contributed by atoms with Crippen LogP contribution < -0.4 is 14.7 Å². The molecular formula is C79H72N4O2. The standard InChI is InChI=1S/C79H72N4O2/c1-76(2,3)48-27-35-52(36-28-48)80(53-37-29-49(30-38-53)77(4,5)6)56-43-44-60-65(45-56)82(64-24-18-21-59-58-19-13-15-25-68(58)84-74(59)64)66-46-57(81(54-39-31-50(32-40-54)78(7,8)9)55-41-33-51(34-42-55)79(10,11)12)47-67-72(66)70(60)62-22-17-23-63-71-61-20-14-16-26-69(61)85-75(71)83(67)73(62)63/h13-47,70H,1-12H3. The fourth-order valence-electron chi connectivity index (χ4n) is 13.7. The Bertz CT molecular complexity index is 4680. The minimum atomic E-state index is -0.160. The van der Waals surface area contributed by atoms with Gasteiger partial charge in [0.1, 0.15) is 11.2 Å². The van der Waals surface area contributed by atoms with Gasteiger partial charge < -0.3 is 23.5 Å². The van der Waals surface area contributed by atoms with Crippen LogP contribution in [0.5, 0.6) is 0 Å². The van der Waals surface area contributed by atoms with Gasteiger partial charge in [0.05, 0.1) is 39.3 Å². The summed E-state index contributed by atoms with van der Waals surface area (Å²) in [5, 5.41) is 5.57. The van der Waals surface area contributed by atoms with Crippen molar-refractivity contribution < 1.29 is 8.83 Å². The fraction of sp³-hybridized carbons (Fsp3) is 0.215. The van der Waals surface area contributed by atoms with E-state index < -0.39 is 0 Å². The number of rotatable bonds is 7. The van der Waals surface area contributed by atoms with Crippen molar-refractivity contribution in [3.63, 3.8) is 0 Å². The van der Waals surface area contributed by atoms with E-state index in [1.165, 1.54) is 49.8 Å². The molecule has 0 fully saturated rings. The maximum atomic E-state index is 7.16. The first-order valence-electron chi connectivity index (χ1n) is 30.2. The number of nitrogens with zero attached hydrogens (tertiary/aromatic N) is 4.